The average Bonchev–Trinajstić information content (AvgIpc) is 3.22. The van der Waals surface area contributed by atoms with Gasteiger partial charge in [0, 0.05) is 11.3 Å². The summed E-state index contributed by atoms with van der Waals surface area (Å²) in [5.41, 5.74) is 1.74. The van der Waals surface area contributed by atoms with E-state index >= 15 is 0 Å². The maximum atomic E-state index is 13.0. The van der Waals surface area contributed by atoms with Crippen molar-refractivity contribution in [2.45, 2.75) is 141 Å². The molecule has 4 nitrogen and oxygen atoms in total. The fraction of sp³-hybridized carbons (Fsp3) is 0.537. The zero-order valence-corrected chi connectivity index (χ0v) is 28.0. The molecule has 5 rings (SSSR count). The number of para-hydroxylation sites is 1. The third kappa shape index (κ3) is 7.11. The molecule has 0 aliphatic carbocycles. The summed E-state index contributed by atoms with van der Waals surface area (Å²) in [6.07, 6.45) is 24.4. The molecule has 1 N–H and O–H groups in total. The van der Waals surface area contributed by atoms with Crippen LogP contribution in [0, 0.1) is 0 Å². The predicted molar refractivity (Wildman–Crippen MR) is 189 cm³/mol. The fourth-order valence-electron chi connectivity index (χ4n) is 7.76. The maximum Gasteiger partial charge on any atom is 0.326 e. The highest BCUT2D eigenvalue weighted by Gasteiger charge is 2.61. The Morgan fingerprint density at radius 2 is 1.33 bits per heavy atom. The van der Waals surface area contributed by atoms with Gasteiger partial charge < -0.3 is 14.7 Å². The highest BCUT2D eigenvalue weighted by Crippen LogP contribution is 2.56. The third-order valence-corrected chi connectivity index (χ3v) is 10.4. The van der Waals surface area contributed by atoms with E-state index in [4.69, 9.17) is 4.74 Å². The molecular weight excluding hydrogens is 554 g/mol. The van der Waals surface area contributed by atoms with Crippen molar-refractivity contribution in [3.8, 4) is 5.75 Å². The number of unbranched alkanes of at least 4 members (excludes halogenated alkanes) is 14. The van der Waals surface area contributed by atoms with Crippen molar-refractivity contribution in [2.24, 2.45) is 0 Å². The number of rotatable bonds is 18. The highest BCUT2D eigenvalue weighted by molar-refractivity contribution is 5.94. The molecule has 0 saturated heterocycles. The van der Waals surface area contributed by atoms with Gasteiger partial charge in [0.1, 0.15) is 11.8 Å². The summed E-state index contributed by atoms with van der Waals surface area (Å²) in [6, 6.07) is 20.1. The Hall–Kier alpha value is -3.27. The van der Waals surface area contributed by atoms with Crippen LogP contribution in [-0.4, -0.2) is 22.8 Å². The molecule has 2 heterocycles. The number of carboxylic acid groups (broad SMARTS) is 1. The van der Waals surface area contributed by atoms with Gasteiger partial charge in [0.2, 0.25) is 5.72 Å². The van der Waals surface area contributed by atoms with Gasteiger partial charge in [0.25, 0.3) is 0 Å². The molecule has 2 aliphatic rings. The molecule has 3 aromatic carbocycles. The zero-order chi connectivity index (χ0) is 31.7. The lowest BCUT2D eigenvalue weighted by atomic mass is 9.76. The lowest BCUT2D eigenvalue weighted by Gasteiger charge is -2.49. The SMILES string of the molecule is CCCCCCCCCCCCCCCCCC(C(=O)O)N1c2ccccc2C(C)(C)C12C=Cc1c(ccc3ccccc13)O2. The Bertz CT molecular complexity index is 1440. The molecule has 4 heteroatoms. The van der Waals surface area contributed by atoms with Gasteiger partial charge >= 0.3 is 5.97 Å². The lowest BCUT2D eigenvalue weighted by Crippen LogP contribution is -2.63. The van der Waals surface area contributed by atoms with Crippen LogP contribution in [-0.2, 0) is 10.2 Å². The van der Waals surface area contributed by atoms with E-state index in [0.29, 0.717) is 6.42 Å². The Balaban J connectivity index is 1.19. The van der Waals surface area contributed by atoms with Crippen molar-refractivity contribution < 1.29 is 14.6 Å². The summed E-state index contributed by atoms with van der Waals surface area (Å²) in [7, 11) is 0. The number of nitrogens with zero attached hydrogens (tertiary/aromatic N) is 1. The summed E-state index contributed by atoms with van der Waals surface area (Å²) < 4.78 is 7.03. The first kappa shape index (κ1) is 33.1. The minimum Gasteiger partial charge on any atom is -0.480 e. The van der Waals surface area contributed by atoms with Gasteiger partial charge in [-0.3, -0.25) is 0 Å². The Morgan fingerprint density at radius 3 is 1.98 bits per heavy atom. The molecule has 242 valence electrons. The van der Waals surface area contributed by atoms with E-state index in [2.05, 4.69) is 86.4 Å². The van der Waals surface area contributed by atoms with Gasteiger partial charge in [0.05, 0.1) is 5.41 Å². The maximum absolute atomic E-state index is 13.0. The molecule has 1 spiro atoms. The summed E-state index contributed by atoms with van der Waals surface area (Å²) in [5.74, 6) is 0.0201. The van der Waals surface area contributed by atoms with Gasteiger partial charge in [-0.25, -0.2) is 4.79 Å². The average molecular weight is 610 g/mol. The van der Waals surface area contributed by atoms with E-state index < -0.39 is 23.2 Å². The number of hydrogen-bond acceptors (Lipinski definition) is 3. The summed E-state index contributed by atoms with van der Waals surface area (Å²) in [4.78, 5) is 15.1. The molecule has 2 unspecified atom stereocenters. The minimum absolute atomic E-state index is 0.466. The van der Waals surface area contributed by atoms with Crippen LogP contribution in [0.2, 0.25) is 0 Å². The number of carbonyl (C=O) groups is 1. The number of aliphatic carboxylic acids is 1. The predicted octanol–water partition coefficient (Wildman–Crippen LogP) is 11.5. The molecule has 45 heavy (non-hydrogen) atoms. The molecule has 0 radical (unpaired) electrons. The van der Waals surface area contributed by atoms with Crippen molar-refractivity contribution in [1.29, 1.82) is 0 Å². The van der Waals surface area contributed by atoms with Crippen molar-refractivity contribution >= 4 is 28.5 Å². The quantitative estimate of drug-likeness (QED) is 0.146. The van der Waals surface area contributed by atoms with E-state index in [1.807, 2.05) is 12.1 Å². The van der Waals surface area contributed by atoms with E-state index in [0.717, 1.165) is 40.8 Å². The van der Waals surface area contributed by atoms with Gasteiger partial charge in [-0.15, -0.1) is 0 Å². The zero-order valence-electron chi connectivity index (χ0n) is 28.0. The van der Waals surface area contributed by atoms with E-state index in [9.17, 15) is 9.90 Å². The largest absolute Gasteiger partial charge is 0.480 e. The smallest absolute Gasteiger partial charge is 0.326 e. The second-order valence-electron chi connectivity index (χ2n) is 13.9. The van der Waals surface area contributed by atoms with Crippen LogP contribution in [0.1, 0.15) is 135 Å². The molecule has 0 saturated carbocycles. The van der Waals surface area contributed by atoms with Crippen molar-refractivity contribution in [1.82, 2.24) is 0 Å². The summed E-state index contributed by atoms with van der Waals surface area (Å²) in [5, 5.41) is 13.0. The topological polar surface area (TPSA) is 49.8 Å². The Morgan fingerprint density at radius 1 is 0.756 bits per heavy atom. The number of hydrogen-bond donors (Lipinski definition) is 1. The normalized spacial score (nSPS) is 18.6. The number of benzene rings is 3. The van der Waals surface area contributed by atoms with Crippen LogP contribution in [0.15, 0.2) is 66.7 Å². The van der Waals surface area contributed by atoms with Crippen molar-refractivity contribution in [3.05, 3.63) is 77.9 Å². The first-order valence-corrected chi connectivity index (χ1v) is 17.9. The van der Waals surface area contributed by atoms with Crippen LogP contribution in [0.3, 0.4) is 0 Å². The molecular formula is C41H55NO3. The van der Waals surface area contributed by atoms with Crippen molar-refractivity contribution in [2.75, 3.05) is 4.90 Å². The molecule has 2 atom stereocenters. The van der Waals surface area contributed by atoms with Crippen LogP contribution in [0.25, 0.3) is 16.8 Å². The first-order chi connectivity index (χ1) is 21.9. The van der Waals surface area contributed by atoms with Crippen molar-refractivity contribution in [3.63, 3.8) is 0 Å². The molecule has 0 bridgehead atoms. The van der Waals surface area contributed by atoms with Gasteiger partial charge in [0.15, 0.2) is 0 Å². The third-order valence-electron chi connectivity index (χ3n) is 10.4. The molecule has 0 aromatic heterocycles. The van der Waals surface area contributed by atoms with Crippen LogP contribution in [0.4, 0.5) is 5.69 Å². The Labute approximate surface area is 271 Å². The highest BCUT2D eigenvalue weighted by atomic mass is 16.5. The fourth-order valence-corrected chi connectivity index (χ4v) is 7.76. The second kappa shape index (κ2) is 15.3. The summed E-state index contributed by atoms with van der Waals surface area (Å²) >= 11 is 0. The molecule has 3 aromatic rings. The lowest BCUT2D eigenvalue weighted by molar-refractivity contribution is -0.140. The van der Waals surface area contributed by atoms with Gasteiger partial charge in [-0.1, -0.05) is 152 Å². The molecule has 0 fully saturated rings. The standard InChI is InChI=1S/C41H55NO3/c1-4-5-6-7-8-9-10-11-12-13-14-15-16-17-18-27-37(39(43)44)42-36-26-22-21-25-35(36)40(2,3)41(42)31-30-34-33-24-20-19-23-32(33)28-29-38(34)45-41/h19-26,28-31,37H,4-18,27H2,1-3H3,(H,43,44). The van der Waals surface area contributed by atoms with Gasteiger partial charge in [-0.05, 0) is 60.9 Å². The number of fused-ring (bicyclic) bond motifs is 4. The van der Waals surface area contributed by atoms with Gasteiger partial charge in [-0.2, -0.15) is 0 Å². The minimum atomic E-state index is -0.940. The van der Waals surface area contributed by atoms with E-state index in [1.165, 1.54) is 88.9 Å². The second-order valence-corrected chi connectivity index (χ2v) is 13.9. The Kier molecular flexibility index (Phi) is 11.3. The van der Waals surface area contributed by atoms with Crippen LogP contribution >= 0.6 is 0 Å². The molecule has 2 aliphatic heterocycles. The number of anilines is 1. The number of carboxylic acids is 1. The van der Waals surface area contributed by atoms with Crippen LogP contribution < -0.4 is 9.64 Å². The van der Waals surface area contributed by atoms with Crippen LogP contribution in [0.5, 0.6) is 5.75 Å². The molecule has 0 amide bonds. The first-order valence-electron chi connectivity index (χ1n) is 17.9. The summed E-state index contributed by atoms with van der Waals surface area (Å²) in [6.45, 7) is 6.66. The monoisotopic (exact) mass is 609 g/mol. The van der Waals surface area contributed by atoms with E-state index in [1.54, 1.807) is 0 Å². The number of ether oxygens (including phenoxy) is 1. The van der Waals surface area contributed by atoms with E-state index in [-0.39, 0.29) is 0 Å².